The van der Waals surface area contributed by atoms with Gasteiger partial charge in [0.15, 0.2) is 0 Å². The molecule has 0 radical (unpaired) electrons. The molecule has 0 aliphatic heterocycles. The summed E-state index contributed by atoms with van der Waals surface area (Å²) >= 11 is 0. The lowest BCUT2D eigenvalue weighted by Gasteiger charge is -2.03. The van der Waals surface area contributed by atoms with E-state index in [1.807, 2.05) is 48.7 Å². The molecule has 1 aromatic heterocycles. The quantitative estimate of drug-likeness (QED) is 0.656. The Balaban J connectivity index is 1.74. The van der Waals surface area contributed by atoms with Crippen LogP contribution >= 0.6 is 0 Å². The normalized spacial score (nSPS) is 15.5. The third kappa shape index (κ3) is 2.94. The molecule has 0 atom stereocenters. The summed E-state index contributed by atoms with van der Waals surface area (Å²) in [5.74, 6) is 13.5. The van der Waals surface area contributed by atoms with E-state index in [4.69, 9.17) is 0 Å². The lowest BCUT2D eigenvalue weighted by Crippen LogP contribution is -1.90. The summed E-state index contributed by atoms with van der Waals surface area (Å²) in [5, 5.41) is 1.06. The van der Waals surface area contributed by atoms with E-state index < -0.39 is 0 Å². The van der Waals surface area contributed by atoms with Gasteiger partial charge in [0.1, 0.15) is 0 Å². The molecule has 4 rings (SSSR count). The van der Waals surface area contributed by atoms with Crippen molar-refractivity contribution in [3.8, 4) is 23.7 Å². The Labute approximate surface area is 142 Å². The van der Waals surface area contributed by atoms with Crippen LogP contribution < -0.4 is 0 Å². The Morgan fingerprint density at radius 3 is 1.96 bits per heavy atom. The fraction of sp³-hybridized carbons (Fsp3) is 0.0870. The molecule has 0 amide bonds. The Kier molecular flexibility index (Phi) is 3.85. The average Bonchev–Trinajstić information content (AvgIpc) is 3.32. The van der Waals surface area contributed by atoms with Gasteiger partial charge in [-0.05, 0) is 24.3 Å². The number of rotatable bonds is 0. The largest absolute Gasteiger partial charge is 0.255 e. The Hall–Kier alpha value is -3.29. The van der Waals surface area contributed by atoms with Crippen LogP contribution in [0, 0.1) is 35.5 Å². The summed E-state index contributed by atoms with van der Waals surface area (Å²) in [5.41, 5.74) is 2.86. The lowest BCUT2D eigenvalue weighted by molar-refractivity contribution is 1.15. The third-order valence-electron chi connectivity index (χ3n) is 4.01. The molecule has 0 spiro atoms. The molecule has 1 heteroatoms. The first-order chi connectivity index (χ1) is 11.9. The van der Waals surface area contributed by atoms with Gasteiger partial charge in [-0.2, -0.15) is 0 Å². The predicted octanol–water partition coefficient (Wildman–Crippen LogP) is 4.42. The lowest BCUT2D eigenvalue weighted by atomic mass is 10.0. The zero-order valence-electron chi connectivity index (χ0n) is 13.1. The van der Waals surface area contributed by atoms with E-state index in [9.17, 15) is 0 Å². The Bertz CT molecular complexity index is 918. The van der Waals surface area contributed by atoms with Crippen molar-refractivity contribution in [2.75, 3.05) is 0 Å². The highest BCUT2D eigenvalue weighted by Crippen LogP contribution is 2.20. The molecule has 0 bridgehead atoms. The van der Waals surface area contributed by atoms with Crippen molar-refractivity contribution in [3.63, 3.8) is 0 Å². The number of hydrogen-bond donors (Lipinski definition) is 0. The number of allylic oxidation sites excluding steroid dienone is 8. The van der Waals surface area contributed by atoms with Gasteiger partial charge in [-0.3, -0.25) is 4.98 Å². The molecular formula is C23H15N. The van der Waals surface area contributed by atoms with Crippen LogP contribution in [0.4, 0.5) is 0 Å². The van der Waals surface area contributed by atoms with Gasteiger partial charge in [-0.25, -0.2) is 0 Å². The topological polar surface area (TPSA) is 12.9 Å². The van der Waals surface area contributed by atoms with Gasteiger partial charge in [-0.1, -0.05) is 72.3 Å². The molecule has 1 nitrogen and oxygen atoms in total. The minimum absolute atomic E-state index is 0.198. The summed E-state index contributed by atoms with van der Waals surface area (Å²) in [6.45, 7) is 0. The van der Waals surface area contributed by atoms with Crippen LogP contribution in [0.5, 0.6) is 0 Å². The summed E-state index contributed by atoms with van der Waals surface area (Å²) < 4.78 is 0. The van der Waals surface area contributed by atoms with E-state index in [1.165, 1.54) is 0 Å². The summed E-state index contributed by atoms with van der Waals surface area (Å²) in [6.07, 6.45) is 18.3. The van der Waals surface area contributed by atoms with E-state index in [2.05, 4.69) is 59.0 Å². The summed E-state index contributed by atoms with van der Waals surface area (Å²) in [6, 6.07) is 8.08. The molecule has 1 heterocycles. The molecule has 112 valence electrons. The first kappa shape index (κ1) is 14.3. The smallest absolute Gasteiger partial charge is 0.0870 e. The van der Waals surface area contributed by atoms with Crippen molar-refractivity contribution in [1.29, 1.82) is 0 Å². The molecule has 2 aromatic rings. The van der Waals surface area contributed by atoms with E-state index in [1.54, 1.807) is 0 Å². The highest BCUT2D eigenvalue weighted by atomic mass is 14.6. The van der Waals surface area contributed by atoms with Crippen molar-refractivity contribution in [3.05, 3.63) is 90.2 Å². The molecule has 1 aromatic carbocycles. The standard InChI is InChI=1S/C23H15N/c1-2-7-18(6-1)11-13-20-15-16-21(14-12-19-8-3-4-9-19)23-22(20)10-5-17-24-23/h1-10,15-19H. The summed E-state index contributed by atoms with van der Waals surface area (Å²) in [7, 11) is 0. The van der Waals surface area contributed by atoms with Crippen molar-refractivity contribution in [2.45, 2.75) is 0 Å². The summed E-state index contributed by atoms with van der Waals surface area (Å²) in [4.78, 5) is 4.53. The molecule has 0 saturated carbocycles. The first-order valence-electron chi connectivity index (χ1n) is 8.01. The van der Waals surface area contributed by atoms with Crippen LogP contribution in [-0.4, -0.2) is 4.98 Å². The van der Waals surface area contributed by atoms with Crippen molar-refractivity contribution in [2.24, 2.45) is 11.8 Å². The molecule has 0 N–H and O–H groups in total. The van der Waals surface area contributed by atoms with Crippen LogP contribution in [0.15, 0.2) is 79.1 Å². The highest BCUT2D eigenvalue weighted by molar-refractivity contribution is 5.89. The molecule has 0 unspecified atom stereocenters. The maximum Gasteiger partial charge on any atom is 0.0870 e. The van der Waals surface area contributed by atoms with Gasteiger partial charge in [0, 0.05) is 17.1 Å². The Morgan fingerprint density at radius 2 is 1.29 bits per heavy atom. The van der Waals surface area contributed by atoms with E-state index >= 15 is 0 Å². The number of pyridine rings is 1. The zero-order valence-corrected chi connectivity index (χ0v) is 13.1. The predicted molar refractivity (Wildman–Crippen MR) is 99.0 cm³/mol. The van der Waals surface area contributed by atoms with Gasteiger partial charge in [0.25, 0.3) is 0 Å². The van der Waals surface area contributed by atoms with Gasteiger partial charge < -0.3 is 0 Å². The minimum Gasteiger partial charge on any atom is -0.255 e. The SMILES string of the molecule is C(#CC1C=CC=C1)c1ccc(C#CC2C=CC=C2)c2ncccc12. The third-order valence-corrected chi connectivity index (χ3v) is 4.01. The number of fused-ring (bicyclic) bond motifs is 1. The minimum atomic E-state index is 0.198. The number of aromatic nitrogens is 1. The number of benzene rings is 1. The van der Waals surface area contributed by atoms with E-state index in [0.717, 1.165) is 22.0 Å². The van der Waals surface area contributed by atoms with Gasteiger partial charge >= 0.3 is 0 Å². The van der Waals surface area contributed by atoms with E-state index in [0.29, 0.717) is 0 Å². The maximum atomic E-state index is 4.53. The maximum absolute atomic E-state index is 4.53. The van der Waals surface area contributed by atoms with Crippen LogP contribution in [0.2, 0.25) is 0 Å². The van der Waals surface area contributed by atoms with Crippen LogP contribution in [0.3, 0.4) is 0 Å². The van der Waals surface area contributed by atoms with Gasteiger partial charge in [0.05, 0.1) is 22.9 Å². The second-order valence-corrected chi connectivity index (χ2v) is 5.69. The molecule has 24 heavy (non-hydrogen) atoms. The Morgan fingerprint density at radius 1 is 0.708 bits per heavy atom. The number of nitrogens with zero attached hydrogens (tertiary/aromatic N) is 1. The van der Waals surface area contributed by atoms with Crippen molar-refractivity contribution >= 4 is 10.9 Å². The second-order valence-electron chi connectivity index (χ2n) is 5.69. The van der Waals surface area contributed by atoms with Crippen LogP contribution in [0.1, 0.15) is 11.1 Å². The molecule has 0 saturated heterocycles. The molecule has 2 aliphatic carbocycles. The molecular weight excluding hydrogens is 290 g/mol. The average molecular weight is 305 g/mol. The van der Waals surface area contributed by atoms with E-state index in [-0.39, 0.29) is 11.8 Å². The highest BCUT2D eigenvalue weighted by Gasteiger charge is 2.05. The fourth-order valence-electron chi connectivity index (χ4n) is 2.76. The fourth-order valence-corrected chi connectivity index (χ4v) is 2.76. The van der Waals surface area contributed by atoms with Gasteiger partial charge in [0.2, 0.25) is 0 Å². The monoisotopic (exact) mass is 305 g/mol. The van der Waals surface area contributed by atoms with Gasteiger partial charge in [-0.15, -0.1) is 0 Å². The number of hydrogen-bond acceptors (Lipinski definition) is 1. The van der Waals surface area contributed by atoms with Crippen molar-refractivity contribution in [1.82, 2.24) is 4.98 Å². The van der Waals surface area contributed by atoms with Crippen LogP contribution in [-0.2, 0) is 0 Å². The zero-order chi connectivity index (χ0) is 16.2. The molecule has 0 fully saturated rings. The van der Waals surface area contributed by atoms with Crippen LogP contribution in [0.25, 0.3) is 10.9 Å². The molecule has 2 aliphatic rings. The first-order valence-corrected chi connectivity index (χ1v) is 8.01. The second kappa shape index (κ2) is 6.45. The van der Waals surface area contributed by atoms with Crippen molar-refractivity contribution < 1.29 is 0 Å².